The fourth-order valence-corrected chi connectivity index (χ4v) is 4.07. The number of carbonyl (C=O) groups excluding carboxylic acids is 1. The Morgan fingerprint density at radius 2 is 1.96 bits per heavy atom. The fraction of sp³-hybridized carbons (Fsp3) is 0.556. The summed E-state index contributed by atoms with van der Waals surface area (Å²) in [7, 11) is -3.60. The molecule has 1 unspecified atom stereocenters. The molecule has 0 aliphatic carbocycles. The number of amidine groups is 1. The highest BCUT2D eigenvalue weighted by atomic mass is 35.5. The van der Waals surface area contributed by atoms with E-state index in [9.17, 15) is 13.2 Å². The molecule has 0 bridgehead atoms. The first kappa shape index (κ1) is 23.4. The number of halogens is 1. The topological polar surface area (TPSA) is 99.7 Å². The van der Waals surface area contributed by atoms with Gasteiger partial charge in [-0.1, -0.05) is 38.8 Å². The number of fused-ring (bicyclic) bond motifs is 1. The fourth-order valence-electron chi connectivity index (χ4n) is 2.83. The van der Waals surface area contributed by atoms with Gasteiger partial charge in [0.25, 0.3) is 10.0 Å². The van der Waals surface area contributed by atoms with Crippen LogP contribution >= 0.6 is 12.4 Å². The summed E-state index contributed by atoms with van der Waals surface area (Å²) in [6.07, 6.45) is 2.35. The molecule has 1 aliphatic heterocycles. The highest BCUT2D eigenvalue weighted by Crippen LogP contribution is 2.23. The quantitative estimate of drug-likeness (QED) is 0.571. The molecule has 9 heteroatoms. The van der Waals surface area contributed by atoms with Gasteiger partial charge in [-0.25, -0.2) is 8.42 Å². The van der Waals surface area contributed by atoms with Crippen molar-refractivity contribution in [3.63, 3.8) is 0 Å². The smallest absolute Gasteiger partial charge is 0.263 e. The molecule has 0 fully saturated rings. The minimum Gasteiger partial charge on any atom is -0.353 e. The minimum absolute atomic E-state index is 0. The van der Waals surface area contributed by atoms with Crippen molar-refractivity contribution in [3.8, 4) is 0 Å². The molecule has 1 aliphatic rings. The first-order valence-electron chi connectivity index (χ1n) is 9.10. The van der Waals surface area contributed by atoms with Crippen LogP contribution < -0.4 is 15.4 Å². The zero-order chi connectivity index (χ0) is 19.2. The number of likely N-dealkylation sites (N-methyl/N-ethyl adjacent to an activating group) is 1. The van der Waals surface area contributed by atoms with Crippen molar-refractivity contribution >= 4 is 34.2 Å². The predicted octanol–water partition coefficient (Wildman–Crippen LogP) is 1.82. The summed E-state index contributed by atoms with van der Waals surface area (Å²) in [6, 6.07) is 6.22. The highest BCUT2D eigenvalue weighted by Gasteiger charge is 2.31. The van der Waals surface area contributed by atoms with Crippen molar-refractivity contribution in [2.24, 2.45) is 4.99 Å². The number of hydrogen-bond donors (Lipinski definition) is 3. The van der Waals surface area contributed by atoms with Gasteiger partial charge in [-0.15, -0.1) is 12.4 Å². The number of amides is 1. The van der Waals surface area contributed by atoms with E-state index >= 15 is 0 Å². The van der Waals surface area contributed by atoms with Crippen LogP contribution in [0.25, 0.3) is 0 Å². The van der Waals surface area contributed by atoms with E-state index in [1.54, 1.807) is 24.3 Å². The van der Waals surface area contributed by atoms with Gasteiger partial charge in [-0.2, -0.15) is 0 Å². The van der Waals surface area contributed by atoms with Crippen molar-refractivity contribution < 1.29 is 13.2 Å². The van der Waals surface area contributed by atoms with E-state index in [1.807, 2.05) is 20.8 Å². The third-order valence-corrected chi connectivity index (χ3v) is 5.61. The van der Waals surface area contributed by atoms with E-state index in [2.05, 4.69) is 20.3 Å². The molecular formula is C18H29ClN4O3S. The van der Waals surface area contributed by atoms with Gasteiger partial charge >= 0.3 is 0 Å². The molecule has 3 N–H and O–H groups in total. The van der Waals surface area contributed by atoms with E-state index in [1.165, 1.54) is 0 Å². The maximum atomic E-state index is 12.6. The average Bonchev–Trinajstić information content (AvgIpc) is 2.87. The van der Waals surface area contributed by atoms with E-state index < -0.39 is 16.1 Å². The number of unbranched alkanes of at least 4 members (excludes halogenated alkanes) is 1. The number of sulfonamides is 1. The average molecular weight is 417 g/mol. The Balaban J connectivity index is 0.00000364. The van der Waals surface area contributed by atoms with Crippen LogP contribution in [0.1, 0.15) is 45.6 Å². The third-order valence-electron chi connectivity index (χ3n) is 4.22. The Kier molecular flexibility index (Phi) is 9.21. The van der Waals surface area contributed by atoms with Crippen molar-refractivity contribution in [2.75, 3.05) is 13.1 Å². The van der Waals surface area contributed by atoms with Gasteiger partial charge in [-0.3, -0.25) is 14.5 Å². The van der Waals surface area contributed by atoms with E-state index in [4.69, 9.17) is 0 Å². The summed E-state index contributed by atoms with van der Waals surface area (Å²) in [5, 5.41) is 6.15. The SMILES string of the molecule is CCCCC(N=C1NS(=O)(=O)c2ccccc21)C(=O)NC[C@@H](C)NCC.Cl. The molecule has 0 saturated heterocycles. The van der Waals surface area contributed by atoms with Crippen LogP contribution in [0.3, 0.4) is 0 Å². The first-order valence-corrected chi connectivity index (χ1v) is 10.6. The van der Waals surface area contributed by atoms with E-state index in [0.717, 1.165) is 19.4 Å². The lowest BCUT2D eigenvalue weighted by atomic mass is 10.1. The lowest BCUT2D eigenvalue weighted by Crippen LogP contribution is -2.43. The molecule has 0 radical (unpaired) electrons. The summed E-state index contributed by atoms with van der Waals surface area (Å²) < 4.78 is 26.9. The molecule has 152 valence electrons. The number of nitrogens with zero attached hydrogens (tertiary/aromatic N) is 1. The van der Waals surface area contributed by atoms with Crippen LogP contribution in [-0.4, -0.2) is 45.3 Å². The molecular weight excluding hydrogens is 388 g/mol. The standard InChI is InChI=1S/C18H28N4O3S.ClH/c1-4-6-10-15(18(23)20-12-13(3)19-5-2)21-17-14-9-7-8-11-16(14)26(24,25)22-17;/h7-9,11,13,15,19H,4-6,10,12H2,1-3H3,(H,20,23)(H,21,22);1H/t13-,15?;/m1./s1. The van der Waals surface area contributed by atoms with Crippen LogP contribution in [0.5, 0.6) is 0 Å². The van der Waals surface area contributed by atoms with Gasteiger partial charge in [0.1, 0.15) is 11.9 Å². The zero-order valence-corrected chi connectivity index (χ0v) is 17.6. The minimum atomic E-state index is -3.60. The Morgan fingerprint density at radius 1 is 1.26 bits per heavy atom. The summed E-state index contributed by atoms with van der Waals surface area (Å²) in [5.41, 5.74) is 0.516. The number of rotatable bonds is 9. The Hall–Kier alpha value is -1.64. The van der Waals surface area contributed by atoms with E-state index in [-0.39, 0.29) is 35.1 Å². The second-order valence-corrected chi connectivity index (χ2v) is 8.09. The maximum Gasteiger partial charge on any atom is 0.263 e. The molecule has 2 rings (SSSR count). The Bertz CT molecular complexity index is 768. The normalized spacial score (nSPS) is 18.1. The molecule has 1 heterocycles. The van der Waals surface area contributed by atoms with Gasteiger partial charge in [0, 0.05) is 18.2 Å². The largest absolute Gasteiger partial charge is 0.353 e. The van der Waals surface area contributed by atoms with Gasteiger partial charge < -0.3 is 10.6 Å². The summed E-state index contributed by atoms with van der Waals surface area (Å²) in [4.78, 5) is 17.3. The summed E-state index contributed by atoms with van der Waals surface area (Å²) >= 11 is 0. The summed E-state index contributed by atoms with van der Waals surface area (Å²) in [6.45, 7) is 7.39. The Labute approximate surface area is 167 Å². The van der Waals surface area contributed by atoms with Crippen LogP contribution in [0, 0.1) is 0 Å². The van der Waals surface area contributed by atoms with Crippen LogP contribution in [0.2, 0.25) is 0 Å². The number of benzene rings is 1. The van der Waals surface area contributed by atoms with Crippen LogP contribution in [0.15, 0.2) is 34.2 Å². The third kappa shape index (κ3) is 6.19. The van der Waals surface area contributed by atoms with Gasteiger partial charge in [0.2, 0.25) is 5.91 Å². The van der Waals surface area contributed by atoms with Crippen molar-refractivity contribution in [2.45, 2.75) is 57.0 Å². The lowest BCUT2D eigenvalue weighted by molar-refractivity contribution is -0.122. The van der Waals surface area contributed by atoms with Crippen molar-refractivity contribution in [1.82, 2.24) is 15.4 Å². The molecule has 1 amide bonds. The molecule has 0 aromatic heterocycles. The number of carbonyl (C=O) groups is 1. The van der Waals surface area contributed by atoms with E-state index in [0.29, 0.717) is 18.5 Å². The van der Waals surface area contributed by atoms with Crippen molar-refractivity contribution in [1.29, 1.82) is 0 Å². The molecule has 0 saturated carbocycles. The van der Waals surface area contributed by atoms with Gasteiger partial charge in [0.05, 0.1) is 4.90 Å². The number of hydrogen-bond acceptors (Lipinski definition) is 5. The second kappa shape index (κ2) is 10.6. The second-order valence-electron chi connectivity index (χ2n) is 6.44. The number of aliphatic imine (C=N–C) groups is 1. The van der Waals surface area contributed by atoms with Crippen LogP contribution in [0.4, 0.5) is 0 Å². The molecule has 27 heavy (non-hydrogen) atoms. The molecule has 2 atom stereocenters. The monoisotopic (exact) mass is 416 g/mol. The Morgan fingerprint density at radius 3 is 2.63 bits per heavy atom. The van der Waals surface area contributed by atoms with Crippen molar-refractivity contribution in [3.05, 3.63) is 29.8 Å². The molecule has 1 aromatic rings. The highest BCUT2D eigenvalue weighted by molar-refractivity contribution is 7.90. The number of nitrogens with one attached hydrogen (secondary N) is 3. The van der Waals surface area contributed by atoms with Gasteiger partial charge in [0.15, 0.2) is 0 Å². The molecule has 1 aromatic carbocycles. The zero-order valence-electron chi connectivity index (χ0n) is 16.0. The molecule has 7 nitrogen and oxygen atoms in total. The maximum absolute atomic E-state index is 12.6. The first-order chi connectivity index (χ1) is 12.4. The lowest BCUT2D eigenvalue weighted by Gasteiger charge is -2.17. The van der Waals surface area contributed by atoms with Crippen LogP contribution in [-0.2, 0) is 14.8 Å². The molecule has 0 spiro atoms. The predicted molar refractivity (Wildman–Crippen MR) is 110 cm³/mol. The van der Waals surface area contributed by atoms with Gasteiger partial charge in [-0.05, 0) is 32.0 Å². The summed E-state index contributed by atoms with van der Waals surface area (Å²) in [5.74, 6) is 0.0656.